The number of carbonyl (C=O) groups is 1. The molecular weight excluding hydrogens is 474 g/mol. The lowest BCUT2D eigenvalue weighted by atomic mass is 10.1. The van der Waals surface area contributed by atoms with Crippen molar-refractivity contribution in [3.63, 3.8) is 0 Å². The van der Waals surface area contributed by atoms with Crippen molar-refractivity contribution in [2.45, 2.75) is 24.7 Å². The largest absolute Gasteiger partial charge is 0.337 e. The van der Waals surface area contributed by atoms with Gasteiger partial charge in [-0.05, 0) is 48.4 Å². The van der Waals surface area contributed by atoms with Gasteiger partial charge in [-0.2, -0.15) is 5.26 Å². The number of hydrogen-bond donors (Lipinski definition) is 2. The summed E-state index contributed by atoms with van der Waals surface area (Å²) in [4.78, 5) is 16.8. The van der Waals surface area contributed by atoms with Gasteiger partial charge in [0, 0.05) is 30.4 Å². The predicted molar refractivity (Wildman–Crippen MR) is 137 cm³/mol. The van der Waals surface area contributed by atoms with Crippen LogP contribution in [-0.2, 0) is 22.9 Å². The van der Waals surface area contributed by atoms with Gasteiger partial charge in [-0.3, -0.25) is 0 Å². The van der Waals surface area contributed by atoms with Gasteiger partial charge in [0.05, 0.1) is 22.2 Å². The van der Waals surface area contributed by atoms with E-state index in [4.69, 9.17) is 10.2 Å². The number of amides is 2. The van der Waals surface area contributed by atoms with Crippen LogP contribution in [0.2, 0.25) is 0 Å². The van der Waals surface area contributed by atoms with Crippen LogP contribution >= 0.6 is 0 Å². The van der Waals surface area contributed by atoms with Crippen molar-refractivity contribution in [1.29, 1.82) is 5.26 Å². The maximum Gasteiger partial charge on any atom is 0.328 e. The van der Waals surface area contributed by atoms with Crippen molar-refractivity contribution < 1.29 is 13.2 Å². The summed E-state index contributed by atoms with van der Waals surface area (Å²) in [6.07, 6.45) is 3.35. The molecule has 36 heavy (non-hydrogen) atoms. The second kappa shape index (κ2) is 10.9. The molecule has 0 spiro atoms. The van der Waals surface area contributed by atoms with E-state index in [-0.39, 0.29) is 11.4 Å². The number of benzene rings is 3. The number of nitriles is 1. The number of rotatable bonds is 8. The molecule has 0 fully saturated rings. The summed E-state index contributed by atoms with van der Waals surface area (Å²) in [7, 11) is -4.02. The molecule has 0 bridgehead atoms. The van der Waals surface area contributed by atoms with Crippen LogP contribution < -0.4 is 10.0 Å². The predicted octanol–water partition coefficient (Wildman–Crippen LogP) is 4.20. The Morgan fingerprint density at radius 3 is 2.33 bits per heavy atom. The average Bonchev–Trinajstić information content (AvgIpc) is 3.34. The van der Waals surface area contributed by atoms with E-state index in [2.05, 4.69) is 16.8 Å². The van der Waals surface area contributed by atoms with Crippen LogP contribution in [0.3, 0.4) is 0 Å². The molecule has 4 aromatic rings. The molecule has 2 amide bonds. The minimum atomic E-state index is -4.02. The number of aromatic nitrogens is 2. The van der Waals surface area contributed by atoms with E-state index < -0.39 is 16.1 Å². The molecule has 0 saturated carbocycles. The Balaban J connectivity index is 1.34. The minimum absolute atomic E-state index is 0.0892. The summed E-state index contributed by atoms with van der Waals surface area (Å²) in [6.45, 7) is 2.33. The van der Waals surface area contributed by atoms with Gasteiger partial charge in [0.25, 0.3) is 10.0 Å². The molecule has 0 radical (unpaired) electrons. The fourth-order valence-electron chi connectivity index (χ4n) is 3.71. The van der Waals surface area contributed by atoms with Gasteiger partial charge in [-0.25, -0.2) is 22.9 Å². The van der Waals surface area contributed by atoms with E-state index in [0.717, 1.165) is 34.8 Å². The fraction of sp³-hybridized carbons (Fsp3) is 0.148. The Kier molecular flexibility index (Phi) is 7.47. The first kappa shape index (κ1) is 24.7. The van der Waals surface area contributed by atoms with E-state index in [1.54, 1.807) is 0 Å². The fourth-order valence-corrected chi connectivity index (χ4v) is 4.64. The Bertz CT molecular complexity index is 1490. The van der Waals surface area contributed by atoms with Gasteiger partial charge in [0.15, 0.2) is 0 Å². The number of aryl methyl sites for hydroxylation is 1. The highest BCUT2D eigenvalue weighted by molar-refractivity contribution is 7.90. The van der Waals surface area contributed by atoms with Gasteiger partial charge in [-0.15, -0.1) is 0 Å². The highest BCUT2D eigenvalue weighted by Crippen LogP contribution is 2.22. The van der Waals surface area contributed by atoms with Gasteiger partial charge in [0.1, 0.15) is 5.82 Å². The molecule has 8 nitrogen and oxygen atoms in total. The molecule has 4 rings (SSSR count). The van der Waals surface area contributed by atoms with Crippen molar-refractivity contribution in [2.24, 2.45) is 0 Å². The van der Waals surface area contributed by atoms with Crippen molar-refractivity contribution >= 4 is 16.1 Å². The standard InChI is InChI=1S/C27H25N5O3S/c1-2-26-30-25(22-6-4-3-5-7-22)19-32(26)23-12-8-20(9-13-23)16-17-29-27(33)31-36(34,35)24-14-10-21(18-28)11-15-24/h3-15,19H,2,16-17H2,1H3,(H2,29,31,33). The highest BCUT2D eigenvalue weighted by atomic mass is 32.2. The first-order valence-electron chi connectivity index (χ1n) is 11.4. The maximum absolute atomic E-state index is 12.3. The van der Waals surface area contributed by atoms with Crippen molar-refractivity contribution in [3.8, 4) is 23.0 Å². The van der Waals surface area contributed by atoms with Gasteiger partial charge >= 0.3 is 6.03 Å². The second-order valence-electron chi connectivity index (χ2n) is 8.05. The summed E-state index contributed by atoms with van der Waals surface area (Å²) in [5.74, 6) is 0.961. The normalized spacial score (nSPS) is 11.0. The van der Waals surface area contributed by atoms with Crippen LogP contribution in [0.25, 0.3) is 16.9 Å². The van der Waals surface area contributed by atoms with Crippen LogP contribution in [0, 0.1) is 11.3 Å². The monoisotopic (exact) mass is 499 g/mol. The molecule has 9 heteroatoms. The van der Waals surface area contributed by atoms with Gasteiger partial charge < -0.3 is 9.88 Å². The Morgan fingerprint density at radius 2 is 1.69 bits per heavy atom. The van der Waals surface area contributed by atoms with E-state index in [1.165, 1.54) is 24.3 Å². The molecule has 0 aliphatic carbocycles. The summed E-state index contributed by atoms with van der Waals surface area (Å²) in [5, 5.41) is 11.4. The highest BCUT2D eigenvalue weighted by Gasteiger charge is 2.17. The van der Waals surface area contributed by atoms with Crippen molar-refractivity contribution in [2.75, 3.05) is 6.54 Å². The molecule has 0 unspecified atom stereocenters. The summed E-state index contributed by atoms with van der Waals surface area (Å²) in [6, 6.07) is 24.4. The van der Waals surface area contributed by atoms with Crippen LogP contribution in [0.5, 0.6) is 0 Å². The Morgan fingerprint density at radius 1 is 1.00 bits per heavy atom. The number of nitrogens with one attached hydrogen (secondary N) is 2. The maximum atomic E-state index is 12.3. The zero-order valence-corrected chi connectivity index (χ0v) is 20.5. The Labute approximate surface area is 210 Å². The topological polar surface area (TPSA) is 117 Å². The lowest BCUT2D eigenvalue weighted by Crippen LogP contribution is -2.40. The smallest absolute Gasteiger partial charge is 0.328 e. The number of carbonyl (C=O) groups excluding carboxylic acids is 1. The molecule has 182 valence electrons. The third kappa shape index (κ3) is 5.79. The summed E-state index contributed by atoms with van der Waals surface area (Å²) >= 11 is 0. The number of hydrogen-bond acceptors (Lipinski definition) is 5. The van der Waals surface area contributed by atoms with E-state index in [1.807, 2.05) is 71.6 Å². The van der Waals surface area contributed by atoms with Gasteiger partial charge in [0.2, 0.25) is 0 Å². The van der Waals surface area contributed by atoms with Gasteiger partial charge in [-0.1, -0.05) is 49.4 Å². The molecule has 1 heterocycles. The van der Waals surface area contributed by atoms with Crippen LogP contribution in [0.1, 0.15) is 23.9 Å². The molecular formula is C27H25N5O3S. The summed E-state index contributed by atoms with van der Waals surface area (Å²) in [5.41, 5.74) is 4.30. The number of sulfonamides is 1. The SMILES string of the molecule is CCc1nc(-c2ccccc2)cn1-c1ccc(CCNC(=O)NS(=O)(=O)c2ccc(C#N)cc2)cc1. The lowest BCUT2D eigenvalue weighted by Gasteiger charge is -2.10. The van der Waals surface area contributed by atoms with Crippen LogP contribution in [0.4, 0.5) is 4.79 Å². The zero-order valence-electron chi connectivity index (χ0n) is 19.7. The number of nitrogens with zero attached hydrogens (tertiary/aromatic N) is 3. The molecule has 0 aliphatic rings. The van der Waals surface area contributed by atoms with Crippen LogP contribution in [-0.4, -0.2) is 30.5 Å². The third-order valence-corrected chi connectivity index (χ3v) is 6.95. The Hall–Kier alpha value is -4.42. The van der Waals surface area contributed by atoms with Crippen LogP contribution in [0.15, 0.2) is 90.0 Å². The van der Waals surface area contributed by atoms with E-state index in [0.29, 0.717) is 12.0 Å². The van der Waals surface area contributed by atoms with E-state index >= 15 is 0 Å². The van der Waals surface area contributed by atoms with Crippen molar-refractivity contribution in [1.82, 2.24) is 19.6 Å². The molecule has 0 saturated heterocycles. The average molecular weight is 500 g/mol. The first-order chi connectivity index (χ1) is 17.4. The summed E-state index contributed by atoms with van der Waals surface area (Å²) < 4.78 is 28.7. The quantitative estimate of drug-likeness (QED) is 0.377. The molecule has 0 atom stereocenters. The zero-order chi connectivity index (χ0) is 25.5. The third-order valence-electron chi connectivity index (χ3n) is 5.60. The second-order valence-corrected chi connectivity index (χ2v) is 9.73. The number of imidazole rings is 1. The molecule has 0 aliphatic heterocycles. The van der Waals surface area contributed by atoms with Crippen molar-refractivity contribution in [3.05, 3.63) is 102 Å². The minimum Gasteiger partial charge on any atom is -0.337 e. The molecule has 2 N–H and O–H groups in total. The molecule has 1 aromatic heterocycles. The number of urea groups is 1. The first-order valence-corrected chi connectivity index (χ1v) is 12.9. The molecule has 3 aromatic carbocycles. The lowest BCUT2D eigenvalue weighted by molar-refractivity contribution is 0.246. The van der Waals surface area contributed by atoms with E-state index in [9.17, 15) is 13.2 Å².